The summed E-state index contributed by atoms with van der Waals surface area (Å²) in [6.07, 6.45) is 3.29. The number of rotatable bonds is 4. The molecule has 104 valence electrons. The van der Waals surface area contributed by atoms with Gasteiger partial charge in [0.05, 0.1) is 17.9 Å². The molecular weight excluding hydrogens is 248 g/mol. The molecule has 1 saturated heterocycles. The van der Waals surface area contributed by atoms with Crippen molar-refractivity contribution < 1.29 is 14.3 Å². The Morgan fingerprint density at radius 2 is 2.26 bits per heavy atom. The molecular formula is C12H18N4O3. The predicted octanol–water partition coefficient (Wildman–Crippen LogP) is -0.617. The number of ether oxygens (including phenoxy) is 1. The zero-order chi connectivity index (χ0) is 14.0. The van der Waals surface area contributed by atoms with E-state index in [-0.39, 0.29) is 30.3 Å². The van der Waals surface area contributed by atoms with Crippen molar-refractivity contribution in [2.75, 3.05) is 20.2 Å². The van der Waals surface area contributed by atoms with Crippen molar-refractivity contribution in [3.05, 3.63) is 18.0 Å². The van der Waals surface area contributed by atoms with Gasteiger partial charge in [-0.15, -0.1) is 0 Å². The Morgan fingerprint density at radius 1 is 1.53 bits per heavy atom. The van der Waals surface area contributed by atoms with E-state index in [0.717, 1.165) is 0 Å². The Kier molecular flexibility index (Phi) is 3.84. The summed E-state index contributed by atoms with van der Waals surface area (Å²) in [6.45, 7) is 0.956. The van der Waals surface area contributed by atoms with E-state index in [4.69, 9.17) is 10.5 Å². The van der Waals surface area contributed by atoms with Crippen molar-refractivity contribution in [3.8, 4) is 0 Å². The highest BCUT2D eigenvalue weighted by Crippen LogP contribution is 2.23. The maximum Gasteiger partial charge on any atom is 0.257 e. The fraction of sp³-hybridized carbons (Fsp3) is 0.583. The lowest BCUT2D eigenvalue weighted by Crippen LogP contribution is -2.29. The van der Waals surface area contributed by atoms with E-state index >= 15 is 0 Å². The summed E-state index contributed by atoms with van der Waals surface area (Å²) in [5.74, 6) is -0.507. The minimum atomic E-state index is -0.372. The first-order chi connectivity index (χ1) is 9.01. The SMILES string of the molecule is CO[C@H]1CN(C(=O)c2cnn(C)c2)C[C@@H]1CC(N)=O. The number of nitrogens with zero attached hydrogens (tertiary/aromatic N) is 3. The van der Waals surface area contributed by atoms with Crippen LogP contribution in [0, 0.1) is 5.92 Å². The van der Waals surface area contributed by atoms with Gasteiger partial charge in [0.2, 0.25) is 5.91 Å². The van der Waals surface area contributed by atoms with Crippen LogP contribution >= 0.6 is 0 Å². The maximum atomic E-state index is 12.3. The molecule has 0 spiro atoms. The van der Waals surface area contributed by atoms with Crippen LogP contribution in [-0.2, 0) is 16.6 Å². The van der Waals surface area contributed by atoms with E-state index in [1.807, 2.05) is 0 Å². The van der Waals surface area contributed by atoms with Crippen LogP contribution in [-0.4, -0.2) is 52.8 Å². The van der Waals surface area contributed by atoms with Crippen molar-refractivity contribution >= 4 is 11.8 Å². The minimum absolute atomic E-state index is 0.0388. The van der Waals surface area contributed by atoms with E-state index in [1.54, 1.807) is 29.9 Å². The molecule has 1 aliphatic heterocycles. The summed E-state index contributed by atoms with van der Waals surface area (Å²) >= 11 is 0. The molecule has 0 radical (unpaired) electrons. The largest absolute Gasteiger partial charge is 0.379 e. The molecule has 2 amide bonds. The van der Waals surface area contributed by atoms with Crippen molar-refractivity contribution in [2.45, 2.75) is 12.5 Å². The summed E-state index contributed by atoms with van der Waals surface area (Å²) in [6, 6.07) is 0. The van der Waals surface area contributed by atoms with Crippen LogP contribution in [0.4, 0.5) is 0 Å². The van der Waals surface area contributed by atoms with Crippen LogP contribution in [0.25, 0.3) is 0 Å². The van der Waals surface area contributed by atoms with Gasteiger partial charge in [-0.1, -0.05) is 0 Å². The molecule has 7 nitrogen and oxygen atoms in total. The first kappa shape index (κ1) is 13.5. The van der Waals surface area contributed by atoms with Gasteiger partial charge in [0.25, 0.3) is 5.91 Å². The lowest BCUT2D eigenvalue weighted by atomic mass is 10.0. The minimum Gasteiger partial charge on any atom is -0.379 e. The van der Waals surface area contributed by atoms with Gasteiger partial charge in [0.1, 0.15) is 0 Å². The summed E-state index contributed by atoms with van der Waals surface area (Å²) in [7, 11) is 3.34. The molecule has 0 unspecified atom stereocenters. The molecule has 2 heterocycles. The summed E-state index contributed by atoms with van der Waals surface area (Å²) in [4.78, 5) is 24.9. The van der Waals surface area contributed by atoms with Crippen LogP contribution in [0.15, 0.2) is 12.4 Å². The number of aryl methyl sites for hydroxylation is 1. The first-order valence-corrected chi connectivity index (χ1v) is 6.10. The van der Waals surface area contributed by atoms with Gasteiger partial charge >= 0.3 is 0 Å². The summed E-state index contributed by atoms with van der Waals surface area (Å²) in [5, 5.41) is 3.98. The van der Waals surface area contributed by atoms with Crippen LogP contribution in [0.2, 0.25) is 0 Å². The number of carbonyl (C=O) groups is 2. The highest BCUT2D eigenvalue weighted by molar-refractivity contribution is 5.94. The third-order valence-electron chi connectivity index (χ3n) is 3.39. The van der Waals surface area contributed by atoms with Crippen molar-refractivity contribution in [1.82, 2.24) is 14.7 Å². The van der Waals surface area contributed by atoms with Gasteiger partial charge in [-0.05, 0) is 0 Å². The molecule has 1 fully saturated rings. The number of nitrogens with two attached hydrogens (primary N) is 1. The van der Waals surface area contributed by atoms with Crippen molar-refractivity contribution in [2.24, 2.45) is 18.7 Å². The van der Waals surface area contributed by atoms with Gasteiger partial charge in [0.15, 0.2) is 0 Å². The van der Waals surface area contributed by atoms with Crippen LogP contribution in [0.3, 0.4) is 0 Å². The predicted molar refractivity (Wildman–Crippen MR) is 67.2 cm³/mol. The molecule has 2 atom stereocenters. The molecule has 7 heteroatoms. The lowest BCUT2D eigenvalue weighted by molar-refractivity contribution is -0.119. The fourth-order valence-corrected chi connectivity index (χ4v) is 2.44. The molecule has 1 aliphatic rings. The van der Waals surface area contributed by atoms with Crippen molar-refractivity contribution in [1.29, 1.82) is 0 Å². The zero-order valence-corrected chi connectivity index (χ0v) is 11.1. The molecule has 0 saturated carbocycles. The van der Waals surface area contributed by atoms with E-state index in [0.29, 0.717) is 18.7 Å². The van der Waals surface area contributed by atoms with Crippen LogP contribution in [0.1, 0.15) is 16.8 Å². The number of aromatic nitrogens is 2. The number of primary amides is 1. The van der Waals surface area contributed by atoms with Gasteiger partial charge in [-0.25, -0.2) is 0 Å². The van der Waals surface area contributed by atoms with Crippen LogP contribution < -0.4 is 5.73 Å². The average Bonchev–Trinajstić information content (AvgIpc) is 2.94. The van der Waals surface area contributed by atoms with Crippen molar-refractivity contribution in [3.63, 3.8) is 0 Å². The monoisotopic (exact) mass is 266 g/mol. The molecule has 0 aromatic carbocycles. The molecule has 2 rings (SSSR count). The Morgan fingerprint density at radius 3 is 2.79 bits per heavy atom. The van der Waals surface area contributed by atoms with E-state index in [9.17, 15) is 9.59 Å². The molecule has 19 heavy (non-hydrogen) atoms. The fourth-order valence-electron chi connectivity index (χ4n) is 2.44. The topological polar surface area (TPSA) is 90.4 Å². The normalized spacial score (nSPS) is 22.7. The Hall–Kier alpha value is -1.89. The molecule has 0 aliphatic carbocycles. The second-order valence-electron chi connectivity index (χ2n) is 4.82. The standard InChI is InChI=1S/C12H18N4O3/c1-15-5-9(4-14-15)12(18)16-6-8(3-11(13)17)10(7-16)19-2/h4-5,8,10H,3,6-7H2,1-2H3,(H2,13,17)/t8-,10-/m0/s1. The number of carbonyl (C=O) groups excluding carboxylic acids is 2. The summed E-state index contributed by atoms with van der Waals surface area (Å²) < 4.78 is 6.90. The van der Waals surface area contributed by atoms with Gasteiger partial charge in [-0.2, -0.15) is 5.10 Å². The van der Waals surface area contributed by atoms with Crippen LogP contribution in [0.5, 0.6) is 0 Å². The quantitative estimate of drug-likeness (QED) is 0.786. The van der Waals surface area contributed by atoms with E-state index in [1.165, 1.54) is 6.20 Å². The maximum absolute atomic E-state index is 12.3. The smallest absolute Gasteiger partial charge is 0.257 e. The second kappa shape index (κ2) is 5.40. The second-order valence-corrected chi connectivity index (χ2v) is 4.82. The van der Waals surface area contributed by atoms with E-state index < -0.39 is 0 Å². The number of hydrogen-bond acceptors (Lipinski definition) is 4. The third-order valence-corrected chi connectivity index (χ3v) is 3.39. The number of methoxy groups -OCH3 is 1. The Bertz CT molecular complexity index is 485. The Labute approximate surface area is 111 Å². The Balaban J connectivity index is 2.06. The molecule has 1 aromatic rings. The van der Waals surface area contributed by atoms with Gasteiger partial charge < -0.3 is 15.4 Å². The number of likely N-dealkylation sites (tertiary alicyclic amines) is 1. The third kappa shape index (κ3) is 2.93. The first-order valence-electron chi connectivity index (χ1n) is 6.10. The summed E-state index contributed by atoms with van der Waals surface area (Å²) in [5.41, 5.74) is 5.75. The number of hydrogen-bond donors (Lipinski definition) is 1. The number of amides is 2. The molecule has 1 aromatic heterocycles. The van der Waals surface area contributed by atoms with E-state index in [2.05, 4.69) is 5.10 Å². The molecule has 0 bridgehead atoms. The molecule has 2 N–H and O–H groups in total. The van der Waals surface area contributed by atoms with Gasteiger partial charge in [0, 0.05) is 45.8 Å². The lowest BCUT2D eigenvalue weighted by Gasteiger charge is -2.14. The highest BCUT2D eigenvalue weighted by Gasteiger charge is 2.36. The van der Waals surface area contributed by atoms with Gasteiger partial charge in [-0.3, -0.25) is 14.3 Å². The highest BCUT2D eigenvalue weighted by atomic mass is 16.5. The average molecular weight is 266 g/mol. The zero-order valence-electron chi connectivity index (χ0n) is 11.1.